The minimum atomic E-state index is -3.44. The van der Waals surface area contributed by atoms with E-state index in [2.05, 4.69) is 5.32 Å². The van der Waals surface area contributed by atoms with Crippen LogP contribution in [0.1, 0.15) is 56.5 Å². The topological polar surface area (TPSA) is 102 Å². The van der Waals surface area contributed by atoms with Gasteiger partial charge in [-0.25, -0.2) is 13.2 Å². The molecule has 2 heterocycles. The van der Waals surface area contributed by atoms with Crippen LogP contribution in [-0.2, 0) is 38.1 Å². The molecule has 0 bridgehead atoms. The first-order chi connectivity index (χ1) is 15.9. The van der Waals surface area contributed by atoms with E-state index in [0.717, 1.165) is 36.1 Å². The average molecular weight is 493 g/mol. The molecule has 1 aromatic heterocycles. The number of nitrogens with one attached hydrogen (secondary N) is 1. The number of nitrogens with zero attached hydrogens (tertiary/aromatic N) is 1. The molecule has 0 atom stereocenters. The van der Waals surface area contributed by atoms with E-state index in [1.807, 2.05) is 0 Å². The van der Waals surface area contributed by atoms with E-state index in [9.17, 15) is 18.0 Å². The fraction of sp³-hybridized carbons (Fsp3) is 0.478. The van der Waals surface area contributed by atoms with E-state index in [1.165, 1.54) is 15.6 Å². The summed E-state index contributed by atoms with van der Waals surface area (Å²) >= 11 is 1.44. The van der Waals surface area contributed by atoms with Gasteiger partial charge in [0.1, 0.15) is 5.00 Å². The van der Waals surface area contributed by atoms with Crippen LogP contribution in [0.5, 0.6) is 0 Å². The average Bonchev–Trinajstić information content (AvgIpc) is 3.18. The summed E-state index contributed by atoms with van der Waals surface area (Å²) < 4.78 is 37.1. The Bertz CT molecular complexity index is 1120. The molecule has 1 amide bonds. The molecule has 1 fully saturated rings. The number of anilines is 1. The van der Waals surface area contributed by atoms with Crippen molar-refractivity contribution in [1.82, 2.24) is 4.31 Å². The van der Waals surface area contributed by atoms with Gasteiger partial charge in [-0.1, -0.05) is 12.1 Å². The van der Waals surface area contributed by atoms with Crippen molar-refractivity contribution in [1.29, 1.82) is 0 Å². The summed E-state index contributed by atoms with van der Waals surface area (Å²) in [5.41, 5.74) is 2.46. The molecule has 1 aliphatic heterocycles. The number of sulfonamides is 1. The molecule has 33 heavy (non-hydrogen) atoms. The molecule has 0 unspecified atom stereocenters. The number of hydrogen-bond acceptors (Lipinski definition) is 7. The van der Waals surface area contributed by atoms with Gasteiger partial charge in [-0.3, -0.25) is 4.79 Å². The number of ether oxygens (including phenoxy) is 2. The summed E-state index contributed by atoms with van der Waals surface area (Å²) in [6.45, 7) is 3.55. The highest BCUT2D eigenvalue weighted by atomic mass is 32.2. The quantitative estimate of drug-likeness (QED) is 0.596. The van der Waals surface area contributed by atoms with Crippen molar-refractivity contribution in [3.63, 3.8) is 0 Å². The van der Waals surface area contributed by atoms with E-state index in [4.69, 9.17) is 9.47 Å². The zero-order chi connectivity index (χ0) is 23.4. The van der Waals surface area contributed by atoms with Crippen molar-refractivity contribution >= 4 is 38.2 Å². The lowest BCUT2D eigenvalue weighted by atomic mass is 9.95. The van der Waals surface area contributed by atoms with Gasteiger partial charge < -0.3 is 14.8 Å². The van der Waals surface area contributed by atoms with Crippen LogP contribution >= 0.6 is 11.3 Å². The maximum absolute atomic E-state index is 12.9. The molecule has 1 aliphatic carbocycles. The summed E-state index contributed by atoms with van der Waals surface area (Å²) in [6, 6.07) is 6.52. The van der Waals surface area contributed by atoms with Crippen molar-refractivity contribution in [3.05, 3.63) is 51.4 Å². The first kappa shape index (κ1) is 23.9. The summed E-state index contributed by atoms with van der Waals surface area (Å²) in [4.78, 5) is 26.6. The Morgan fingerprint density at radius 1 is 1.12 bits per heavy atom. The molecule has 178 valence electrons. The van der Waals surface area contributed by atoms with E-state index in [1.54, 1.807) is 31.2 Å². The number of morpholine rings is 1. The highest BCUT2D eigenvalue weighted by molar-refractivity contribution is 7.88. The van der Waals surface area contributed by atoms with Gasteiger partial charge in [0.15, 0.2) is 0 Å². The highest BCUT2D eigenvalue weighted by Crippen LogP contribution is 2.38. The third-order valence-corrected chi connectivity index (χ3v) is 8.86. The van der Waals surface area contributed by atoms with Crippen LogP contribution < -0.4 is 5.32 Å². The monoisotopic (exact) mass is 492 g/mol. The lowest BCUT2D eigenvalue weighted by Gasteiger charge is -2.26. The molecule has 0 radical (unpaired) electrons. The Hall–Kier alpha value is -2.27. The minimum absolute atomic E-state index is 0.125. The molecule has 0 saturated carbocycles. The molecule has 2 aliphatic rings. The first-order valence-corrected chi connectivity index (χ1v) is 13.6. The van der Waals surface area contributed by atoms with Crippen LogP contribution in [-0.4, -0.2) is 57.5 Å². The Kier molecular flexibility index (Phi) is 7.48. The predicted molar refractivity (Wildman–Crippen MR) is 126 cm³/mol. The minimum Gasteiger partial charge on any atom is -0.462 e. The Labute approximate surface area is 197 Å². The van der Waals surface area contributed by atoms with Gasteiger partial charge in [0, 0.05) is 23.5 Å². The van der Waals surface area contributed by atoms with Crippen LogP contribution in [0.15, 0.2) is 24.3 Å². The van der Waals surface area contributed by atoms with Crippen molar-refractivity contribution in [3.8, 4) is 0 Å². The predicted octanol–water partition coefficient (Wildman–Crippen LogP) is 3.22. The third-order valence-electron chi connectivity index (χ3n) is 5.81. The van der Waals surface area contributed by atoms with E-state index in [0.29, 0.717) is 48.0 Å². The maximum Gasteiger partial charge on any atom is 0.341 e. The Morgan fingerprint density at radius 3 is 2.52 bits per heavy atom. The molecule has 1 N–H and O–H groups in total. The van der Waals surface area contributed by atoms with Crippen LogP contribution in [0.4, 0.5) is 5.00 Å². The fourth-order valence-corrected chi connectivity index (χ4v) is 6.90. The van der Waals surface area contributed by atoms with Gasteiger partial charge in [0.2, 0.25) is 10.0 Å². The summed E-state index contributed by atoms with van der Waals surface area (Å²) in [7, 11) is -3.44. The lowest BCUT2D eigenvalue weighted by Crippen LogP contribution is -2.41. The SMILES string of the molecule is CCOC(=O)c1c(NC(=O)c2ccc(CS(=O)(=O)N3CCOCC3)cc2)sc2c1CCCC2. The number of fused-ring (bicyclic) bond motifs is 1. The van der Waals surface area contributed by atoms with E-state index < -0.39 is 16.0 Å². The molecule has 2 aromatic rings. The number of rotatable bonds is 7. The molecule has 10 heteroatoms. The molecule has 1 aromatic carbocycles. The maximum atomic E-state index is 12.9. The zero-order valence-corrected chi connectivity index (χ0v) is 20.2. The van der Waals surface area contributed by atoms with Gasteiger partial charge in [-0.2, -0.15) is 4.31 Å². The molecular formula is C23H28N2O6S2. The summed E-state index contributed by atoms with van der Waals surface area (Å²) in [5, 5.41) is 3.40. The van der Waals surface area contributed by atoms with Crippen LogP contribution in [0.25, 0.3) is 0 Å². The van der Waals surface area contributed by atoms with Crippen LogP contribution in [0.3, 0.4) is 0 Å². The van der Waals surface area contributed by atoms with Crippen LogP contribution in [0, 0.1) is 0 Å². The summed E-state index contributed by atoms with van der Waals surface area (Å²) in [5.74, 6) is -0.878. The number of carbonyl (C=O) groups excluding carboxylic acids is 2. The van der Waals surface area contributed by atoms with Gasteiger partial charge >= 0.3 is 5.97 Å². The number of hydrogen-bond donors (Lipinski definition) is 1. The number of esters is 1. The number of benzene rings is 1. The Balaban J connectivity index is 1.48. The fourth-order valence-electron chi connectivity index (χ4n) is 4.13. The second-order valence-corrected chi connectivity index (χ2v) is 11.1. The van der Waals surface area contributed by atoms with Gasteiger partial charge in [-0.15, -0.1) is 11.3 Å². The van der Waals surface area contributed by atoms with E-state index in [-0.39, 0.29) is 18.3 Å². The van der Waals surface area contributed by atoms with Crippen LogP contribution in [0.2, 0.25) is 0 Å². The van der Waals surface area contributed by atoms with E-state index >= 15 is 0 Å². The van der Waals surface area contributed by atoms with Crippen molar-refractivity contribution in [2.24, 2.45) is 0 Å². The second kappa shape index (κ2) is 10.3. The van der Waals surface area contributed by atoms with Gasteiger partial charge in [-0.05, 0) is 55.9 Å². The Morgan fingerprint density at radius 2 is 1.82 bits per heavy atom. The highest BCUT2D eigenvalue weighted by Gasteiger charge is 2.28. The smallest absolute Gasteiger partial charge is 0.341 e. The van der Waals surface area contributed by atoms with Gasteiger partial charge in [0.05, 0.1) is 31.1 Å². The molecule has 8 nitrogen and oxygen atoms in total. The van der Waals surface area contributed by atoms with Crippen molar-refractivity contribution in [2.75, 3.05) is 38.2 Å². The second-order valence-electron chi connectivity index (χ2n) is 8.05. The molecule has 4 rings (SSSR count). The standard InChI is InChI=1S/C23H28N2O6S2/c1-2-31-23(27)20-18-5-3-4-6-19(18)32-22(20)24-21(26)17-9-7-16(8-10-17)15-33(28,29)25-11-13-30-14-12-25/h7-10H,2-6,11-15H2,1H3,(H,24,26). The third kappa shape index (κ3) is 5.46. The zero-order valence-electron chi connectivity index (χ0n) is 18.6. The largest absolute Gasteiger partial charge is 0.462 e. The number of carbonyl (C=O) groups is 2. The summed E-state index contributed by atoms with van der Waals surface area (Å²) in [6.07, 6.45) is 3.78. The number of thiophene rings is 1. The lowest BCUT2D eigenvalue weighted by molar-refractivity contribution is 0.0526. The molecular weight excluding hydrogens is 464 g/mol. The number of amides is 1. The van der Waals surface area contributed by atoms with Crippen molar-refractivity contribution in [2.45, 2.75) is 38.4 Å². The van der Waals surface area contributed by atoms with Gasteiger partial charge in [0.25, 0.3) is 5.91 Å². The van der Waals surface area contributed by atoms with Crippen molar-refractivity contribution < 1.29 is 27.5 Å². The molecule has 1 saturated heterocycles. The first-order valence-electron chi connectivity index (χ1n) is 11.2. The number of aryl methyl sites for hydroxylation is 1. The molecule has 0 spiro atoms. The normalized spacial score (nSPS) is 16.8.